The second-order valence-electron chi connectivity index (χ2n) is 8.25. The molecule has 0 radical (unpaired) electrons. The zero-order valence-corrected chi connectivity index (χ0v) is 17.3. The van der Waals surface area contributed by atoms with Gasteiger partial charge in [-0.3, -0.25) is 0 Å². The normalized spacial score (nSPS) is 15.4. The largest absolute Gasteiger partial charge is 0.418 e. The van der Waals surface area contributed by atoms with Gasteiger partial charge in [0, 0.05) is 12.6 Å². The van der Waals surface area contributed by atoms with Crippen LogP contribution in [0.3, 0.4) is 0 Å². The van der Waals surface area contributed by atoms with Gasteiger partial charge in [-0.05, 0) is 30.5 Å². The maximum Gasteiger partial charge on any atom is 0.418 e. The third kappa shape index (κ3) is 6.22. The maximum absolute atomic E-state index is 13.6. The number of halogens is 3. The highest BCUT2D eigenvalue weighted by atomic mass is 19.4. The molecule has 158 valence electrons. The highest BCUT2D eigenvalue weighted by Crippen LogP contribution is 2.39. The molecular formula is C24H32F3N2+. The number of hydrogen-bond acceptors (Lipinski definition) is 1. The summed E-state index contributed by atoms with van der Waals surface area (Å²) in [7, 11) is 1.89. The summed E-state index contributed by atoms with van der Waals surface area (Å²) in [4.78, 5) is 1.82. The van der Waals surface area contributed by atoms with E-state index in [1.54, 1.807) is 12.1 Å². The van der Waals surface area contributed by atoms with Gasteiger partial charge >= 0.3 is 6.18 Å². The molecule has 0 spiro atoms. The van der Waals surface area contributed by atoms with Crippen LogP contribution < -0.4 is 9.47 Å². The molecule has 0 unspecified atom stereocenters. The number of benzene rings is 1. The quantitative estimate of drug-likeness (QED) is 0.346. The van der Waals surface area contributed by atoms with Crippen LogP contribution in [0.2, 0.25) is 0 Å². The van der Waals surface area contributed by atoms with E-state index in [2.05, 4.69) is 0 Å². The molecule has 3 rings (SSSR count). The number of para-hydroxylation sites is 1. The zero-order chi connectivity index (χ0) is 20.7. The Morgan fingerprint density at radius 3 is 2.45 bits per heavy atom. The van der Waals surface area contributed by atoms with Crippen molar-refractivity contribution in [3.63, 3.8) is 0 Å². The van der Waals surface area contributed by atoms with Gasteiger partial charge in [-0.25, -0.2) is 4.57 Å². The first-order valence-corrected chi connectivity index (χ1v) is 10.8. The maximum atomic E-state index is 13.6. The Bertz CT molecular complexity index is 767. The molecule has 2 nitrogen and oxygen atoms in total. The summed E-state index contributed by atoms with van der Waals surface area (Å²) in [5, 5.41) is 0. The van der Waals surface area contributed by atoms with Crippen LogP contribution in [0.1, 0.15) is 63.4 Å². The van der Waals surface area contributed by atoms with Gasteiger partial charge in [0.05, 0.1) is 11.3 Å². The molecule has 2 aromatic rings. The van der Waals surface area contributed by atoms with E-state index in [1.165, 1.54) is 57.1 Å². The van der Waals surface area contributed by atoms with Crippen LogP contribution >= 0.6 is 0 Å². The molecular weight excluding hydrogens is 373 g/mol. The Kier molecular flexibility index (Phi) is 7.57. The Labute approximate surface area is 172 Å². The lowest BCUT2D eigenvalue weighted by Gasteiger charge is -2.27. The molecule has 5 heteroatoms. The summed E-state index contributed by atoms with van der Waals surface area (Å²) >= 11 is 0. The lowest BCUT2D eigenvalue weighted by Crippen LogP contribution is -2.30. The summed E-state index contributed by atoms with van der Waals surface area (Å²) in [5.74, 6) is 0.860. The summed E-state index contributed by atoms with van der Waals surface area (Å²) in [6, 6.07) is 9.66. The lowest BCUT2D eigenvalue weighted by molar-refractivity contribution is -0.670. The number of alkyl halides is 3. The van der Waals surface area contributed by atoms with Crippen LogP contribution in [0.5, 0.6) is 0 Å². The van der Waals surface area contributed by atoms with Crippen LogP contribution in [0.25, 0.3) is 0 Å². The van der Waals surface area contributed by atoms with E-state index in [0.717, 1.165) is 24.4 Å². The van der Waals surface area contributed by atoms with E-state index >= 15 is 0 Å². The average molecular weight is 406 g/mol. The van der Waals surface area contributed by atoms with Crippen LogP contribution in [-0.2, 0) is 13.2 Å². The fourth-order valence-electron chi connectivity index (χ4n) is 4.42. The van der Waals surface area contributed by atoms with Crippen molar-refractivity contribution < 1.29 is 17.7 Å². The molecule has 0 bridgehead atoms. The number of nitrogens with zero attached hydrogens (tertiary/aromatic N) is 2. The summed E-state index contributed by atoms with van der Waals surface area (Å²) in [5.41, 5.74) is 0.450. The van der Waals surface area contributed by atoms with Crippen LogP contribution in [0.15, 0.2) is 48.8 Å². The van der Waals surface area contributed by atoms with Gasteiger partial charge in [0.2, 0.25) is 0 Å². The van der Waals surface area contributed by atoms with E-state index in [4.69, 9.17) is 0 Å². The van der Waals surface area contributed by atoms with Gasteiger partial charge in [-0.15, -0.1) is 0 Å². The second-order valence-corrected chi connectivity index (χ2v) is 8.25. The summed E-state index contributed by atoms with van der Waals surface area (Å²) < 4.78 is 42.7. The predicted octanol–water partition coefficient (Wildman–Crippen LogP) is 6.81. The van der Waals surface area contributed by atoms with E-state index in [-0.39, 0.29) is 5.69 Å². The highest BCUT2D eigenvalue weighted by Gasteiger charge is 2.35. The van der Waals surface area contributed by atoms with Crippen molar-refractivity contribution in [2.75, 3.05) is 11.4 Å². The van der Waals surface area contributed by atoms with Crippen LogP contribution in [0.4, 0.5) is 24.5 Å². The number of aromatic nitrogens is 1. The smallest absolute Gasteiger partial charge is 0.336 e. The summed E-state index contributed by atoms with van der Waals surface area (Å²) in [6.07, 6.45) is 10.6. The Morgan fingerprint density at radius 1 is 0.966 bits per heavy atom. The topological polar surface area (TPSA) is 7.12 Å². The minimum Gasteiger partial charge on any atom is -0.336 e. The SMILES string of the molecule is C[n+]1cccc(N(CCCCCC2CCCCC2)c2ccccc2C(F)(F)F)c1. The van der Waals surface area contributed by atoms with E-state index in [0.29, 0.717) is 6.54 Å². The van der Waals surface area contributed by atoms with Crippen molar-refractivity contribution in [1.82, 2.24) is 0 Å². The molecule has 0 N–H and O–H groups in total. The Hall–Kier alpha value is -2.04. The van der Waals surface area contributed by atoms with Gasteiger partial charge in [0.1, 0.15) is 12.7 Å². The monoisotopic (exact) mass is 405 g/mol. The number of rotatable bonds is 8. The standard InChI is InChI=1S/C24H32F3N2/c1-28-17-10-14-21(19-28)29(23-16-8-7-15-22(23)24(25,26)27)18-9-3-6-13-20-11-4-2-5-12-20/h7-8,10,14-17,19-20H,2-6,9,11-13,18H2,1H3/q+1. The summed E-state index contributed by atoms with van der Waals surface area (Å²) in [6.45, 7) is 0.585. The van der Waals surface area contributed by atoms with Gasteiger partial charge in [-0.1, -0.05) is 63.5 Å². The minimum atomic E-state index is -4.37. The van der Waals surface area contributed by atoms with Gasteiger partial charge in [0.15, 0.2) is 12.4 Å². The first kappa shape index (κ1) is 21.7. The van der Waals surface area contributed by atoms with Crippen molar-refractivity contribution in [2.24, 2.45) is 13.0 Å². The van der Waals surface area contributed by atoms with Crippen molar-refractivity contribution in [3.8, 4) is 0 Å². The first-order valence-electron chi connectivity index (χ1n) is 10.8. The fraction of sp³-hybridized carbons (Fsp3) is 0.542. The molecule has 1 fully saturated rings. The van der Waals surface area contributed by atoms with Gasteiger partial charge in [0.25, 0.3) is 0 Å². The number of pyridine rings is 1. The van der Waals surface area contributed by atoms with Crippen molar-refractivity contribution in [3.05, 3.63) is 54.4 Å². The van der Waals surface area contributed by atoms with Gasteiger partial charge < -0.3 is 4.90 Å². The lowest BCUT2D eigenvalue weighted by atomic mass is 9.85. The Balaban J connectivity index is 1.70. The van der Waals surface area contributed by atoms with Gasteiger partial charge in [-0.2, -0.15) is 13.2 Å². The average Bonchev–Trinajstić information content (AvgIpc) is 2.71. The fourth-order valence-corrected chi connectivity index (χ4v) is 4.42. The highest BCUT2D eigenvalue weighted by molar-refractivity contribution is 5.66. The molecule has 1 saturated carbocycles. The molecule has 1 aliphatic rings. The van der Waals surface area contributed by atoms with E-state index in [1.807, 2.05) is 41.0 Å². The molecule has 0 saturated heterocycles. The molecule has 0 atom stereocenters. The van der Waals surface area contributed by atoms with Crippen molar-refractivity contribution in [2.45, 2.75) is 64.0 Å². The molecule has 0 aliphatic heterocycles. The number of unbranched alkanes of at least 4 members (excludes halogenated alkanes) is 2. The van der Waals surface area contributed by atoms with E-state index in [9.17, 15) is 13.2 Å². The predicted molar refractivity (Wildman–Crippen MR) is 111 cm³/mol. The molecule has 1 aromatic carbocycles. The zero-order valence-electron chi connectivity index (χ0n) is 17.3. The molecule has 1 heterocycles. The Morgan fingerprint density at radius 2 is 1.72 bits per heavy atom. The van der Waals surface area contributed by atoms with Crippen molar-refractivity contribution >= 4 is 11.4 Å². The second kappa shape index (κ2) is 10.1. The molecule has 29 heavy (non-hydrogen) atoms. The van der Waals surface area contributed by atoms with Crippen LogP contribution in [0, 0.1) is 5.92 Å². The van der Waals surface area contributed by atoms with E-state index < -0.39 is 11.7 Å². The van der Waals surface area contributed by atoms with Crippen LogP contribution in [-0.4, -0.2) is 6.54 Å². The molecule has 1 aliphatic carbocycles. The molecule has 1 aromatic heterocycles. The van der Waals surface area contributed by atoms with Crippen molar-refractivity contribution in [1.29, 1.82) is 0 Å². The third-order valence-corrected chi connectivity index (χ3v) is 5.95. The third-order valence-electron chi connectivity index (χ3n) is 5.95. The number of anilines is 2. The first-order chi connectivity index (χ1) is 13.9. The minimum absolute atomic E-state index is 0.235. The number of aryl methyl sites for hydroxylation is 1. The number of hydrogen-bond donors (Lipinski definition) is 0. The molecule has 0 amide bonds.